The lowest BCUT2D eigenvalue weighted by atomic mass is 9.96. The first-order valence-corrected chi connectivity index (χ1v) is 13.2. The Morgan fingerprint density at radius 3 is 2.27 bits per heavy atom. The maximum absolute atomic E-state index is 13.0. The zero-order valence-corrected chi connectivity index (χ0v) is 24.4. The molecule has 0 N–H and O–H groups in total. The Balaban J connectivity index is 1.82. The molecular formula is C31H37N5O4. The number of carbonyl (C=O) groups excluding carboxylic acids is 1. The fraction of sp³-hybridized carbons (Fsp3) is 0.355. The number of aryl methyl sites for hydroxylation is 1. The molecule has 210 valence electrons. The van der Waals surface area contributed by atoms with Crippen molar-refractivity contribution >= 4 is 22.7 Å². The van der Waals surface area contributed by atoms with Crippen molar-refractivity contribution in [2.45, 2.75) is 46.3 Å². The summed E-state index contributed by atoms with van der Waals surface area (Å²) in [5.74, 6) is 1.32. The summed E-state index contributed by atoms with van der Waals surface area (Å²) < 4.78 is 18.5. The van der Waals surface area contributed by atoms with Crippen LogP contribution in [-0.2, 0) is 11.8 Å². The van der Waals surface area contributed by atoms with Crippen LogP contribution in [-0.4, -0.2) is 63.1 Å². The highest BCUT2D eigenvalue weighted by Crippen LogP contribution is 2.32. The predicted octanol–water partition coefficient (Wildman–Crippen LogP) is 6.12. The number of hydrogen-bond donors (Lipinski definition) is 0. The second-order valence-corrected chi connectivity index (χ2v) is 10.8. The molecule has 0 saturated heterocycles. The van der Waals surface area contributed by atoms with E-state index in [9.17, 15) is 4.79 Å². The normalized spacial score (nSPS) is 12.1. The SMILES string of the molecule is COc1cc(OC)cc(C(=CCN(C(=O)OC(C)(C)C)C(C)C)c2ccc3ncc(-c4cnn(C)c4)nc3c2)c1. The number of aromatic nitrogens is 4. The van der Waals surface area contributed by atoms with E-state index < -0.39 is 5.60 Å². The van der Waals surface area contributed by atoms with Crippen LogP contribution in [0.25, 0.3) is 27.9 Å². The number of fused-ring (bicyclic) bond motifs is 1. The number of benzene rings is 2. The molecule has 0 bridgehead atoms. The highest BCUT2D eigenvalue weighted by molar-refractivity contribution is 5.87. The highest BCUT2D eigenvalue weighted by atomic mass is 16.6. The van der Waals surface area contributed by atoms with Crippen LogP contribution < -0.4 is 9.47 Å². The first-order valence-electron chi connectivity index (χ1n) is 13.2. The summed E-state index contributed by atoms with van der Waals surface area (Å²) in [7, 11) is 5.11. The monoisotopic (exact) mass is 543 g/mol. The van der Waals surface area contributed by atoms with E-state index in [1.165, 1.54) is 0 Å². The Morgan fingerprint density at radius 2 is 1.70 bits per heavy atom. The summed E-state index contributed by atoms with van der Waals surface area (Å²) in [6.07, 6.45) is 7.09. The van der Waals surface area contributed by atoms with Gasteiger partial charge in [0, 0.05) is 37.5 Å². The number of nitrogens with zero attached hydrogens (tertiary/aromatic N) is 5. The van der Waals surface area contributed by atoms with Gasteiger partial charge in [0.15, 0.2) is 0 Å². The Kier molecular flexibility index (Phi) is 8.42. The zero-order valence-electron chi connectivity index (χ0n) is 24.4. The van der Waals surface area contributed by atoms with Gasteiger partial charge in [0.1, 0.15) is 17.1 Å². The lowest BCUT2D eigenvalue weighted by Crippen LogP contribution is -2.41. The summed E-state index contributed by atoms with van der Waals surface area (Å²) in [5.41, 5.74) is 5.22. The maximum Gasteiger partial charge on any atom is 0.410 e. The van der Waals surface area contributed by atoms with Crippen molar-refractivity contribution in [2.24, 2.45) is 7.05 Å². The molecule has 4 aromatic rings. The van der Waals surface area contributed by atoms with E-state index >= 15 is 0 Å². The molecule has 0 radical (unpaired) electrons. The van der Waals surface area contributed by atoms with Gasteiger partial charge in [0.2, 0.25) is 0 Å². The Hall–Kier alpha value is -4.40. The molecule has 0 fully saturated rings. The molecule has 9 heteroatoms. The molecule has 0 aliphatic rings. The van der Waals surface area contributed by atoms with Crippen molar-refractivity contribution in [3.05, 3.63) is 72.2 Å². The van der Waals surface area contributed by atoms with E-state index in [0.717, 1.165) is 39.0 Å². The molecule has 0 aliphatic heterocycles. The fourth-order valence-electron chi connectivity index (χ4n) is 4.24. The summed E-state index contributed by atoms with van der Waals surface area (Å²) in [6, 6.07) is 11.6. The molecular weight excluding hydrogens is 506 g/mol. The van der Waals surface area contributed by atoms with Crippen LogP contribution in [0.3, 0.4) is 0 Å². The number of rotatable bonds is 8. The molecule has 1 amide bonds. The van der Waals surface area contributed by atoms with Gasteiger partial charge < -0.3 is 19.1 Å². The van der Waals surface area contributed by atoms with Crippen molar-refractivity contribution in [1.29, 1.82) is 0 Å². The Bertz CT molecular complexity index is 1510. The average Bonchev–Trinajstić information content (AvgIpc) is 3.35. The smallest absolute Gasteiger partial charge is 0.410 e. The van der Waals surface area contributed by atoms with Gasteiger partial charge in [-0.25, -0.2) is 9.78 Å². The van der Waals surface area contributed by atoms with Crippen LogP contribution in [0.4, 0.5) is 4.79 Å². The van der Waals surface area contributed by atoms with E-state index in [4.69, 9.17) is 19.2 Å². The molecule has 2 aromatic heterocycles. The topological polar surface area (TPSA) is 91.6 Å². The summed E-state index contributed by atoms with van der Waals surface area (Å²) in [6.45, 7) is 9.87. The second kappa shape index (κ2) is 11.8. The Morgan fingerprint density at radius 1 is 1.00 bits per heavy atom. The fourth-order valence-corrected chi connectivity index (χ4v) is 4.24. The maximum atomic E-state index is 13.0. The van der Waals surface area contributed by atoms with Crippen LogP contribution >= 0.6 is 0 Å². The quantitative estimate of drug-likeness (QED) is 0.264. The van der Waals surface area contributed by atoms with Gasteiger partial charge in [-0.15, -0.1) is 0 Å². The average molecular weight is 544 g/mol. The van der Waals surface area contributed by atoms with Gasteiger partial charge in [0.05, 0.1) is 43.3 Å². The molecule has 40 heavy (non-hydrogen) atoms. The minimum Gasteiger partial charge on any atom is -0.497 e. The van der Waals surface area contributed by atoms with Crippen molar-refractivity contribution < 1.29 is 19.0 Å². The molecule has 9 nitrogen and oxygen atoms in total. The van der Waals surface area contributed by atoms with Crippen LogP contribution in [0.2, 0.25) is 0 Å². The largest absolute Gasteiger partial charge is 0.497 e. The minimum absolute atomic E-state index is 0.0725. The predicted molar refractivity (Wildman–Crippen MR) is 156 cm³/mol. The number of amides is 1. The van der Waals surface area contributed by atoms with E-state index in [1.54, 1.807) is 36.2 Å². The minimum atomic E-state index is -0.597. The van der Waals surface area contributed by atoms with Gasteiger partial charge in [-0.2, -0.15) is 5.10 Å². The number of ether oxygens (including phenoxy) is 3. The lowest BCUT2D eigenvalue weighted by molar-refractivity contribution is 0.0217. The third kappa shape index (κ3) is 6.77. The zero-order chi connectivity index (χ0) is 29.0. The first-order chi connectivity index (χ1) is 19.0. The van der Waals surface area contributed by atoms with Crippen molar-refractivity contribution in [1.82, 2.24) is 24.6 Å². The lowest BCUT2D eigenvalue weighted by Gasteiger charge is -2.29. The van der Waals surface area contributed by atoms with Gasteiger partial charge in [-0.1, -0.05) is 12.1 Å². The third-order valence-electron chi connectivity index (χ3n) is 6.26. The van der Waals surface area contributed by atoms with E-state index in [1.807, 2.05) is 90.3 Å². The Labute approximate surface area is 235 Å². The van der Waals surface area contributed by atoms with E-state index in [-0.39, 0.29) is 12.1 Å². The molecule has 0 spiro atoms. The molecule has 0 aliphatic carbocycles. The standard InChI is InChI=1S/C31H37N5O4/c1-20(2)36(30(37)40-31(3,4)5)12-11-26(22-13-24(38-7)16-25(14-22)39-8)21-9-10-27-28(15-21)34-29(18-32-27)23-17-33-35(6)19-23/h9-11,13-20H,12H2,1-8H3. The van der Waals surface area contributed by atoms with E-state index in [0.29, 0.717) is 18.0 Å². The molecule has 0 atom stereocenters. The van der Waals surface area contributed by atoms with Gasteiger partial charge in [-0.3, -0.25) is 9.67 Å². The second-order valence-electron chi connectivity index (χ2n) is 10.8. The molecule has 0 unspecified atom stereocenters. The van der Waals surface area contributed by atoms with Crippen molar-refractivity contribution in [3.63, 3.8) is 0 Å². The molecule has 2 heterocycles. The molecule has 0 saturated carbocycles. The number of carbonyl (C=O) groups is 1. The number of methoxy groups -OCH3 is 2. The summed E-state index contributed by atoms with van der Waals surface area (Å²) in [4.78, 5) is 24.2. The van der Waals surface area contributed by atoms with Gasteiger partial charge in [0.25, 0.3) is 0 Å². The van der Waals surface area contributed by atoms with Crippen LogP contribution in [0.1, 0.15) is 45.7 Å². The highest BCUT2D eigenvalue weighted by Gasteiger charge is 2.24. The third-order valence-corrected chi connectivity index (χ3v) is 6.26. The van der Waals surface area contributed by atoms with Gasteiger partial charge in [-0.05, 0) is 75.6 Å². The van der Waals surface area contributed by atoms with E-state index in [2.05, 4.69) is 10.1 Å². The molecule has 4 rings (SSSR count). The van der Waals surface area contributed by atoms with Gasteiger partial charge >= 0.3 is 6.09 Å². The summed E-state index contributed by atoms with van der Waals surface area (Å²) >= 11 is 0. The van der Waals surface area contributed by atoms with Crippen molar-refractivity contribution in [2.75, 3.05) is 20.8 Å². The number of hydrogen-bond acceptors (Lipinski definition) is 7. The first kappa shape index (κ1) is 28.6. The van der Waals surface area contributed by atoms with Crippen molar-refractivity contribution in [3.8, 4) is 22.8 Å². The van der Waals surface area contributed by atoms with Crippen LogP contribution in [0.15, 0.2) is 61.1 Å². The van der Waals surface area contributed by atoms with Crippen LogP contribution in [0, 0.1) is 0 Å². The molecule has 2 aromatic carbocycles. The van der Waals surface area contributed by atoms with Crippen LogP contribution in [0.5, 0.6) is 11.5 Å². The summed E-state index contributed by atoms with van der Waals surface area (Å²) in [5, 5.41) is 4.26.